The van der Waals surface area contributed by atoms with Gasteiger partial charge in [-0.1, -0.05) is 117 Å². The van der Waals surface area contributed by atoms with Gasteiger partial charge in [-0.2, -0.15) is 0 Å². The molecule has 4 nitrogen and oxygen atoms in total. The molecule has 0 bridgehead atoms. The fourth-order valence-electron chi connectivity index (χ4n) is 3.81. The molecule has 0 saturated heterocycles. The van der Waals surface area contributed by atoms with E-state index in [-0.39, 0.29) is 60.0 Å². The van der Waals surface area contributed by atoms with Gasteiger partial charge < -0.3 is 19.8 Å². The van der Waals surface area contributed by atoms with Gasteiger partial charge in [-0.15, -0.1) is 0 Å². The first-order chi connectivity index (χ1) is 18.0. The Morgan fingerprint density at radius 1 is 0.421 bits per heavy atom. The minimum absolute atomic E-state index is 0. The molecule has 38 heavy (non-hydrogen) atoms. The third-order valence-corrected chi connectivity index (χ3v) is 11.2. The second-order valence-corrected chi connectivity index (χ2v) is 15.5. The molecule has 0 aliphatic rings. The Labute approximate surface area is 267 Å². The second-order valence-electron chi connectivity index (χ2n) is 10.3. The second kappa shape index (κ2) is 44.6. The fourth-order valence-corrected chi connectivity index (χ4v) is 8.88. The predicted molar refractivity (Wildman–Crippen MR) is 165 cm³/mol. The van der Waals surface area contributed by atoms with Crippen LogP contribution >= 0.6 is 0 Å². The third kappa shape index (κ3) is 56.7. The third-order valence-electron chi connectivity index (χ3n) is 6.31. The Morgan fingerprint density at radius 2 is 0.658 bits per heavy atom. The number of hydrogen-bond donors (Lipinski definition) is 0. The van der Waals surface area contributed by atoms with Gasteiger partial charge in [0.25, 0.3) is 0 Å². The van der Waals surface area contributed by atoms with Crippen LogP contribution in [0.2, 0.25) is 8.26 Å². The van der Waals surface area contributed by atoms with Crippen LogP contribution < -0.4 is 10.2 Å². The Bertz CT molecular complexity index is 398. The Balaban J connectivity index is -0.000000231. The van der Waals surface area contributed by atoms with E-state index >= 15 is 0 Å². The average Bonchev–Trinajstić information content (AvgIpc) is 2.87. The zero-order chi connectivity index (χ0) is 28.2. The van der Waals surface area contributed by atoms with Gasteiger partial charge in [-0.3, -0.25) is 0 Å². The predicted octanol–water partition coefficient (Wildman–Crippen LogP) is 8.06. The molecule has 222 valence electrons. The van der Waals surface area contributed by atoms with E-state index in [1.54, 1.807) is 8.26 Å². The summed E-state index contributed by atoms with van der Waals surface area (Å²) in [5.74, 6) is -1.82. The SMILES string of the molecule is CCCCCCCCCCCC(=O)[O-].CCCCCCCCCCCC(=O)[O-].CCC[CH2][Bi+][CH2]CCC.[Sn+4]. The molecule has 0 rings (SSSR count). The molecule has 0 atom stereocenters. The van der Waals surface area contributed by atoms with E-state index < -0.39 is 11.9 Å². The molecule has 0 heterocycles. The van der Waals surface area contributed by atoms with Gasteiger partial charge in [-0.25, -0.2) is 0 Å². The summed E-state index contributed by atoms with van der Waals surface area (Å²) in [6.07, 6.45) is 28.2. The van der Waals surface area contributed by atoms with Crippen LogP contribution in [0.4, 0.5) is 0 Å². The van der Waals surface area contributed by atoms with Crippen molar-refractivity contribution >= 4 is 59.1 Å². The van der Waals surface area contributed by atoms with Crippen molar-refractivity contribution in [1.29, 1.82) is 0 Å². The van der Waals surface area contributed by atoms with Crippen molar-refractivity contribution in [3.63, 3.8) is 0 Å². The first-order valence-electron chi connectivity index (χ1n) is 16.0. The van der Waals surface area contributed by atoms with E-state index in [2.05, 4.69) is 27.7 Å². The summed E-state index contributed by atoms with van der Waals surface area (Å²) in [6.45, 7) is 9.03. The summed E-state index contributed by atoms with van der Waals surface area (Å²) in [4.78, 5) is 20.2. The van der Waals surface area contributed by atoms with E-state index in [1.807, 2.05) is 0 Å². The zero-order valence-electron chi connectivity index (χ0n) is 26.0. The number of unbranched alkanes of at least 4 members (excludes halogenated alkanes) is 18. The molecule has 0 aromatic heterocycles. The Kier molecular flexibility index (Phi) is 53.6. The van der Waals surface area contributed by atoms with Crippen LogP contribution in [0.15, 0.2) is 0 Å². The molecular weight excluding hydrogens is 776 g/mol. The number of carboxylic acid groups (broad SMARTS) is 2. The molecule has 0 fully saturated rings. The fraction of sp³-hybridized carbons (Fsp3) is 0.938. The van der Waals surface area contributed by atoms with Crippen LogP contribution in [0.3, 0.4) is 0 Å². The molecule has 0 amide bonds. The molecule has 2 radical (unpaired) electrons. The summed E-state index contributed by atoms with van der Waals surface area (Å²) in [6, 6.07) is 0. The van der Waals surface area contributed by atoms with Gasteiger partial charge in [0.05, 0.1) is 0 Å². The summed E-state index contributed by atoms with van der Waals surface area (Å²) in [7, 11) is 0. The first kappa shape index (κ1) is 45.6. The van der Waals surface area contributed by atoms with Crippen LogP contribution in [0.25, 0.3) is 0 Å². The van der Waals surface area contributed by atoms with E-state index in [4.69, 9.17) is 0 Å². The van der Waals surface area contributed by atoms with Gasteiger partial charge >= 0.3 is 94.9 Å². The number of hydrogen-bond acceptors (Lipinski definition) is 4. The van der Waals surface area contributed by atoms with Crippen molar-refractivity contribution < 1.29 is 19.8 Å². The van der Waals surface area contributed by atoms with Crippen molar-refractivity contribution in [2.45, 2.75) is 190 Å². The van der Waals surface area contributed by atoms with Crippen LogP contribution in [0.5, 0.6) is 0 Å². The number of carbonyl (C=O) groups is 2. The summed E-state index contributed by atoms with van der Waals surface area (Å²) < 4.78 is 3.27. The van der Waals surface area contributed by atoms with E-state index in [1.165, 1.54) is 116 Å². The van der Waals surface area contributed by atoms with Gasteiger partial charge in [0.1, 0.15) is 0 Å². The van der Waals surface area contributed by atoms with Crippen molar-refractivity contribution in [2.75, 3.05) is 0 Å². The monoisotopic (exact) mass is 841 g/mol. The number of rotatable bonds is 26. The quantitative estimate of drug-likeness (QED) is 0.0653. The van der Waals surface area contributed by atoms with Crippen LogP contribution in [-0.4, -0.2) is 59.1 Å². The summed E-state index contributed by atoms with van der Waals surface area (Å²) in [5.41, 5.74) is 0. The maximum Gasteiger partial charge on any atom is 4.00 e. The standard InChI is InChI=1S/2C12H24O2.2C4H9.Bi.Sn/c2*1-2-3-4-5-6-7-8-9-10-11-12(13)14;2*1-3-4-2;;/h2*2-11H2,1H3,(H,13,14);2*1,3-4H2,2H3;;/q;;;;+1;+4/p-2. The molecule has 0 spiro atoms. The Hall–Kier alpha value is 0.622. The minimum atomic E-state index is -0.909. The van der Waals surface area contributed by atoms with E-state index in [0.717, 1.165) is 25.7 Å². The normalized spacial score (nSPS) is 10.0. The molecular formula is C32H64BiO4Sn+3. The molecule has 0 saturated carbocycles. The van der Waals surface area contributed by atoms with Gasteiger partial charge in [0, 0.05) is 11.9 Å². The molecule has 0 aromatic carbocycles. The van der Waals surface area contributed by atoms with Crippen LogP contribution in [-0.2, 0) is 9.59 Å². The zero-order valence-corrected chi connectivity index (χ0v) is 32.3. The molecule has 0 N–H and O–H groups in total. The molecule has 6 heteroatoms. The van der Waals surface area contributed by atoms with Crippen LogP contribution in [0.1, 0.15) is 182 Å². The summed E-state index contributed by atoms with van der Waals surface area (Å²) >= 11 is 0.0681. The molecule has 0 aliphatic heterocycles. The molecule has 0 unspecified atom stereocenters. The number of carboxylic acids is 2. The average molecular weight is 841 g/mol. The van der Waals surface area contributed by atoms with Gasteiger partial charge in [0.15, 0.2) is 0 Å². The number of aliphatic carboxylic acids is 2. The smallest absolute Gasteiger partial charge is 4.00 e. The molecule has 0 aromatic rings. The van der Waals surface area contributed by atoms with Crippen molar-refractivity contribution in [1.82, 2.24) is 0 Å². The van der Waals surface area contributed by atoms with E-state index in [9.17, 15) is 19.8 Å². The maximum atomic E-state index is 10.1. The Morgan fingerprint density at radius 3 is 0.895 bits per heavy atom. The van der Waals surface area contributed by atoms with Crippen molar-refractivity contribution in [3.05, 3.63) is 0 Å². The maximum absolute atomic E-state index is 10.1. The van der Waals surface area contributed by atoms with Crippen molar-refractivity contribution in [2.24, 2.45) is 0 Å². The minimum Gasteiger partial charge on any atom is 4.00 e. The van der Waals surface area contributed by atoms with Gasteiger partial charge in [-0.05, 0) is 25.7 Å². The van der Waals surface area contributed by atoms with Crippen LogP contribution in [0, 0.1) is 0 Å². The van der Waals surface area contributed by atoms with Gasteiger partial charge in [0.2, 0.25) is 0 Å². The molecule has 0 aliphatic carbocycles. The largest absolute Gasteiger partial charge is 4.00 e. The van der Waals surface area contributed by atoms with E-state index in [0.29, 0.717) is 0 Å². The number of carbonyl (C=O) groups excluding carboxylic acids is 2. The van der Waals surface area contributed by atoms with Crippen molar-refractivity contribution in [3.8, 4) is 0 Å². The first-order valence-corrected chi connectivity index (χ1v) is 20.9. The summed E-state index contributed by atoms with van der Waals surface area (Å²) in [5, 5.41) is 20.2. The topological polar surface area (TPSA) is 80.3 Å².